The van der Waals surface area contributed by atoms with Crippen LogP contribution in [0.3, 0.4) is 0 Å². The van der Waals surface area contributed by atoms with Gasteiger partial charge in [-0.2, -0.15) is 0 Å². The van der Waals surface area contributed by atoms with Gasteiger partial charge in [0.2, 0.25) is 0 Å². The van der Waals surface area contributed by atoms with Crippen molar-refractivity contribution in [1.29, 1.82) is 0 Å². The number of aliphatic imine (C=N–C) groups is 1. The predicted molar refractivity (Wildman–Crippen MR) is 107 cm³/mol. The van der Waals surface area contributed by atoms with E-state index >= 15 is 0 Å². The summed E-state index contributed by atoms with van der Waals surface area (Å²) in [6.07, 6.45) is 1.40. The molecule has 0 unspecified atom stereocenters. The van der Waals surface area contributed by atoms with Gasteiger partial charge in [0.25, 0.3) is 0 Å². The molecule has 1 aromatic carbocycles. The molecule has 1 rings (SSSR count). The lowest BCUT2D eigenvalue weighted by atomic mass is 9.98. The minimum absolute atomic E-state index is 0.469. The normalized spacial score (nSPS) is 12.2. The first-order valence-electron chi connectivity index (χ1n) is 9.43. The van der Waals surface area contributed by atoms with E-state index in [1.54, 1.807) is 7.11 Å². The molecule has 0 radical (unpaired) electrons. The van der Waals surface area contributed by atoms with E-state index in [1.165, 1.54) is 0 Å². The topological polar surface area (TPSA) is 75.1 Å². The average molecular weight is 366 g/mol. The van der Waals surface area contributed by atoms with Crippen LogP contribution in [-0.2, 0) is 11.3 Å². The van der Waals surface area contributed by atoms with Crippen LogP contribution in [0.2, 0.25) is 0 Å². The molecule has 0 bridgehead atoms. The lowest BCUT2D eigenvalue weighted by Crippen LogP contribution is -2.46. The third-order valence-electron chi connectivity index (χ3n) is 4.42. The first kappa shape index (κ1) is 22.3. The molecule has 0 heterocycles. The Morgan fingerprint density at radius 1 is 1.15 bits per heavy atom. The zero-order valence-electron chi connectivity index (χ0n) is 16.9. The first-order valence-corrected chi connectivity index (χ1v) is 9.43. The molecule has 1 aromatic rings. The van der Waals surface area contributed by atoms with Gasteiger partial charge in [0, 0.05) is 25.8 Å². The van der Waals surface area contributed by atoms with Crippen molar-refractivity contribution in [1.82, 2.24) is 10.6 Å². The van der Waals surface area contributed by atoms with Gasteiger partial charge in [-0.15, -0.1) is 0 Å². The number of rotatable bonds is 11. The molecular formula is C20H35N3O3. The molecule has 6 nitrogen and oxygen atoms in total. The summed E-state index contributed by atoms with van der Waals surface area (Å²) >= 11 is 0. The van der Waals surface area contributed by atoms with E-state index in [2.05, 4.69) is 21.7 Å². The van der Waals surface area contributed by atoms with Crippen molar-refractivity contribution in [3.05, 3.63) is 29.3 Å². The van der Waals surface area contributed by atoms with Crippen molar-refractivity contribution >= 4 is 5.96 Å². The lowest BCUT2D eigenvalue weighted by Gasteiger charge is -2.26. The smallest absolute Gasteiger partial charge is 0.191 e. The number of methoxy groups -OCH3 is 1. The number of guanidine groups is 1. The van der Waals surface area contributed by atoms with E-state index in [0.717, 1.165) is 23.4 Å². The van der Waals surface area contributed by atoms with Gasteiger partial charge in [-0.1, -0.05) is 26.0 Å². The maximum absolute atomic E-state index is 10.4. The summed E-state index contributed by atoms with van der Waals surface area (Å²) in [5.74, 6) is 1.52. The molecule has 0 fully saturated rings. The minimum Gasteiger partial charge on any atom is -0.491 e. The lowest BCUT2D eigenvalue weighted by molar-refractivity contribution is 0.0367. The molecule has 0 aliphatic rings. The van der Waals surface area contributed by atoms with Crippen LogP contribution in [0.1, 0.15) is 44.7 Å². The van der Waals surface area contributed by atoms with E-state index < -0.39 is 5.60 Å². The summed E-state index contributed by atoms with van der Waals surface area (Å²) in [7, 11) is 1.66. The number of aliphatic hydroxyl groups is 1. The van der Waals surface area contributed by atoms with Crippen molar-refractivity contribution in [2.75, 3.05) is 33.4 Å². The molecule has 6 heteroatoms. The molecule has 0 atom stereocenters. The molecule has 0 saturated heterocycles. The minimum atomic E-state index is -0.714. The van der Waals surface area contributed by atoms with Gasteiger partial charge in [-0.25, -0.2) is 4.99 Å². The summed E-state index contributed by atoms with van der Waals surface area (Å²) in [4.78, 5) is 4.65. The fourth-order valence-corrected chi connectivity index (χ4v) is 2.42. The average Bonchev–Trinajstić information content (AvgIpc) is 2.65. The van der Waals surface area contributed by atoms with Gasteiger partial charge in [0.05, 0.1) is 18.8 Å². The van der Waals surface area contributed by atoms with Gasteiger partial charge in [-0.3, -0.25) is 0 Å². The first-order chi connectivity index (χ1) is 12.5. The highest BCUT2D eigenvalue weighted by molar-refractivity contribution is 5.79. The highest BCUT2D eigenvalue weighted by Gasteiger charge is 2.22. The molecule has 0 saturated carbocycles. The van der Waals surface area contributed by atoms with Crippen LogP contribution in [0.5, 0.6) is 5.75 Å². The van der Waals surface area contributed by atoms with Crippen LogP contribution >= 0.6 is 0 Å². The third-order valence-corrected chi connectivity index (χ3v) is 4.42. The van der Waals surface area contributed by atoms with Crippen molar-refractivity contribution in [3.63, 3.8) is 0 Å². The molecule has 0 aliphatic heterocycles. The van der Waals surface area contributed by atoms with E-state index in [9.17, 15) is 5.11 Å². The van der Waals surface area contributed by atoms with Crippen LogP contribution in [0, 0.1) is 6.92 Å². The molecule has 0 aliphatic carbocycles. The Bertz CT molecular complexity index is 557. The van der Waals surface area contributed by atoms with E-state index in [1.807, 2.05) is 39.8 Å². The van der Waals surface area contributed by atoms with Crippen LogP contribution in [0.4, 0.5) is 0 Å². The molecule has 0 amide bonds. The van der Waals surface area contributed by atoms with Crippen LogP contribution in [-0.4, -0.2) is 50.1 Å². The van der Waals surface area contributed by atoms with Crippen molar-refractivity contribution in [2.45, 2.75) is 52.7 Å². The molecular weight excluding hydrogens is 330 g/mol. The Morgan fingerprint density at radius 2 is 1.88 bits per heavy atom. The van der Waals surface area contributed by atoms with E-state index in [0.29, 0.717) is 45.1 Å². The second kappa shape index (κ2) is 11.8. The molecule has 3 N–H and O–H groups in total. The van der Waals surface area contributed by atoms with Crippen LogP contribution in [0.25, 0.3) is 0 Å². The number of aryl methyl sites for hydroxylation is 1. The largest absolute Gasteiger partial charge is 0.491 e. The second-order valence-corrected chi connectivity index (χ2v) is 6.43. The maximum atomic E-state index is 10.4. The monoisotopic (exact) mass is 365 g/mol. The molecule has 0 aromatic heterocycles. The Labute approximate surface area is 158 Å². The number of hydrogen-bond donors (Lipinski definition) is 3. The number of benzene rings is 1. The molecule has 26 heavy (non-hydrogen) atoms. The van der Waals surface area contributed by atoms with Gasteiger partial charge >= 0.3 is 0 Å². The van der Waals surface area contributed by atoms with Crippen LogP contribution in [0.15, 0.2) is 23.2 Å². The summed E-state index contributed by atoms with van der Waals surface area (Å²) in [6, 6.07) is 6.12. The predicted octanol–water partition coefficient (Wildman–Crippen LogP) is 2.63. The SMILES string of the molecule is CCNC(=NCc1ccc(C)cc1OCCOC)NCC(O)(CC)CC. The van der Waals surface area contributed by atoms with Crippen molar-refractivity contribution < 1.29 is 14.6 Å². The Morgan fingerprint density at radius 3 is 2.50 bits per heavy atom. The Hall–Kier alpha value is -1.79. The van der Waals surface area contributed by atoms with Gasteiger partial charge in [0.1, 0.15) is 12.4 Å². The quantitative estimate of drug-likeness (QED) is 0.319. The maximum Gasteiger partial charge on any atom is 0.191 e. The third kappa shape index (κ3) is 7.62. The second-order valence-electron chi connectivity index (χ2n) is 6.43. The number of nitrogens with one attached hydrogen (secondary N) is 2. The van der Waals surface area contributed by atoms with Crippen molar-refractivity contribution in [2.24, 2.45) is 4.99 Å². The van der Waals surface area contributed by atoms with E-state index in [-0.39, 0.29) is 0 Å². The number of nitrogens with zero attached hydrogens (tertiary/aromatic N) is 1. The number of hydrogen-bond acceptors (Lipinski definition) is 4. The fraction of sp³-hybridized carbons (Fsp3) is 0.650. The highest BCUT2D eigenvalue weighted by atomic mass is 16.5. The Kier molecular flexibility index (Phi) is 10.1. The summed E-state index contributed by atoms with van der Waals surface area (Å²) in [6.45, 7) is 10.8. The zero-order chi connectivity index (χ0) is 19.4. The summed E-state index contributed by atoms with van der Waals surface area (Å²) in [5.41, 5.74) is 1.45. The van der Waals surface area contributed by atoms with Crippen LogP contribution < -0.4 is 15.4 Å². The standard InChI is InChI=1S/C20H35N3O3/c1-6-20(24,7-2)15-23-19(21-8-3)22-14-17-10-9-16(4)13-18(17)26-12-11-25-5/h9-10,13,24H,6-8,11-12,14-15H2,1-5H3,(H2,21,22,23). The zero-order valence-corrected chi connectivity index (χ0v) is 16.9. The highest BCUT2D eigenvalue weighted by Crippen LogP contribution is 2.21. The summed E-state index contributed by atoms with van der Waals surface area (Å²) < 4.78 is 10.9. The van der Waals surface area contributed by atoms with Gasteiger partial charge in [0.15, 0.2) is 5.96 Å². The fourth-order valence-electron chi connectivity index (χ4n) is 2.42. The summed E-state index contributed by atoms with van der Waals surface area (Å²) in [5, 5.41) is 16.9. The van der Waals surface area contributed by atoms with Crippen molar-refractivity contribution in [3.8, 4) is 5.75 Å². The van der Waals surface area contributed by atoms with Gasteiger partial charge in [-0.05, 0) is 38.3 Å². The van der Waals surface area contributed by atoms with E-state index in [4.69, 9.17) is 9.47 Å². The van der Waals surface area contributed by atoms with Gasteiger partial charge < -0.3 is 25.2 Å². The number of ether oxygens (including phenoxy) is 2. The Balaban J connectivity index is 2.82. The molecule has 0 spiro atoms. The molecule has 148 valence electrons.